The first-order valence-corrected chi connectivity index (χ1v) is 21.2. The summed E-state index contributed by atoms with van der Waals surface area (Å²) in [4.78, 5) is 14.7. The van der Waals surface area contributed by atoms with Gasteiger partial charge in [-0.3, -0.25) is 9.05 Å². The largest absolute Gasteiger partial charge is 0.491 e. The Morgan fingerprint density at radius 2 is 1.49 bits per heavy atom. The summed E-state index contributed by atoms with van der Waals surface area (Å²) in [6, 6.07) is 12.4. The van der Waals surface area contributed by atoms with Crippen molar-refractivity contribution >= 4 is 19.2 Å². The van der Waals surface area contributed by atoms with Crippen molar-refractivity contribution in [3.8, 4) is 5.75 Å². The molecule has 6 atom stereocenters. The number of para-hydroxylation sites is 1. The van der Waals surface area contributed by atoms with Crippen molar-refractivity contribution in [2.24, 2.45) is 0 Å². The van der Waals surface area contributed by atoms with Gasteiger partial charge in [-0.05, 0) is 37.6 Å². The third kappa shape index (κ3) is 13.9. The van der Waals surface area contributed by atoms with Crippen molar-refractivity contribution < 1.29 is 42.9 Å². The molecule has 5 N–H and O–H groups in total. The molecule has 1 aliphatic rings. The molecule has 0 aliphatic carbocycles. The van der Waals surface area contributed by atoms with Crippen molar-refractivity contribution in [2.45, 2.75) is 147 Å². The number of anilines is 1. The number of benzene rings is 1. The lowest BCUT2D eigenvalue weighted by molar-refractivity contribution is -0.0900. The number of rotatable bonds is 28. The first kappa shape index (κ1) is 43.1. The van der Waals surface area contributed by atoms with Crippen molar-refractivity contribution in [3.63, 3.8) is 0 Å². The highest BCUT2D eigenvalue weighted by Gasteiger charge is 2.54. The van der Waals surface area contributed by atoms with Crippen LogP contribution in [0, 0.1) is 0 Å². The number of aliphatic hydroxyl groups is 2. The minimum atomic E-state index is -4.69. The second-order valence-corrected chi connectivity index (χ2v) is 15.8. The Hall–Kier alpha value is -2.61. The molecule has 1 aliphatic heterocycles. The van der Waals surface area contributed by atoms with Crippen LogP contribution in [0.15, 0.2) is 48.8 Å². The highest BCUT2D eigenvalue weighted by Crippen LogP contribution is 2.47. The zero-order valence-electron chi connectivity index (χ0n) is 31.7. The second kappa shape index (κ2) is 22.7. The van der Waals surface area contributed by atoms with Crippen LogP contribution in [-0.2, 0) is 28.7 Å². The number of nitrogens with zero attached hydrogens (tertiary/aromatic N) is 3. The molecule has 0 bridgehead atoms. The molecule has 1 fully saturated rings. The predicted octanol–water partition coefficient (Wildman–Crippen LogP) is 7.51. The first-order valence-electron chi connectivity index (χ1n) is 19.7. The van der Waals surface area contributed by atoms with Gasteiger partial charge < -0.3 is 35.1 Å². The van der Waals surface area contributed by atoms with E-state index in [1.807, 2.05) is 18.2 Å². The Morgan fingerprint density at radius 1 is 0.887 bits per heavy atom. The number of unbranched alkanes of at least 4 members (excludes halogenated alkanes) is 15. The summed E-state index contributed by atoms with van der Waals surface area (Å²) < 4.78 is 43.2. The second-order valence-electron chi connectivity index (χ2n) is 14.4. The summed E-state index contributed by atoms with van der Waals surface area (Å²) in [7, 11) is -4.69. The Kier molecular flexibility index (Phi) is 18.5. The van der Waals surface area contributed by atoms with Gasteiger partial charge in [0.1, 0.15) is 54.2 Å². The number of aliphatic hydroxyl groups excluding tert-OH is 2. The molecule has 53 heavy (non-hydrogen) atoms. The fourth-order valence-electron chi connectivity index (χ4n) is 6.82. The lowest BCUT2D eigenvalue weighted by Crippen LogP contribution is -2.39. The zero-order valence-corrected chi connectivity index (χ0v) is 32.6. The van der Waals surface area contributed by atoms with Gasteiger partial charge in [-0.1, -0.05) is 121 Å². The van der Waals surface area contributed by atoms with Crippen LogP contribution in [0.3, 0.4) is 0 Å². The van der Waals surface area contributed by atoms with Crippen molar-refractivity contribution in [1.29, 1.82) is 0 Å². The Bertz CT molecular complexity index is 1500. The van der Waals surface area contributed by atoms with Crippen LogP contribution in [0.1, 0.15) is 122 Å². The van der Waals surface area contributed by atoms with Gasteiger partial charge in [0, 0.05) is 6.61 Å². The molecule has 1 unspecified atom stereocenters. The smallest absolute Gasteiger partial charge is 0.472 e. The molecule has 0 radical (unpaired) electrons. The average Bonchev–Trinajstić information content (AvgIpc) is 3.69. The number of ether oxygens (including phenoxy) is 3. The quantitative estimate of drug-likeness (QED) is 0.0423. The van der Waals surface area contributed by atoms with E-state index in [1.54, 1.807) is 31.2 Å². The zero-order chi connectivity index (χ0) is 37.9. The van der Waals surface area contributed by atoms with Gasteiger partial charge in [0.2, 0.25) is 0 Å². The summed E-state index contributed by atoms with van der Waals surface area (Å²) in [5.74, 6) is 0.814. The number of hydrogen-bond donors (Lipinski definition) is 4. The molecule has 2 aromatic heterocycles. The molecule has 14 heteroatoms. The van der Waals surface area contributed by atoms with Gasteiger partial charge in [-0.15, -0.1) is 0 Å². The van der Waals surface area contributed by atoms with E-state index in [0.29, 0.717) is 23.6 Å². The van der Waals surface area contributed by atoms with Crippen molar-refractivity contribution in [1.82, 2.24) is 14.6 Å². The van der Waals surface area contributed by atoms with Gasteiger partial charge in [0.05, 0.1) is 18.9 Å². The minimum Gasteiger partial charge on any atom is -0.491 e. The Labute approximate surface area is 315 Å². The Morgan fingerprint density at radius 3 is 2.11 bits per heavy atom. The van der Waals surface area contributed by atoms with E-state index in [1.165, 1.54) is 94.3 Å². The van der Waals surface area contributed by atoms with Crippen LogP contribution in [0.25, 0.3) is 5.52 Å². The summed E-state index contributed by atoms with van der Waals surface area (Å²) in [6.07, 6.45) is 16.9. The molecule has 13 nitrogen and oxygen atoms in total. The van der Waals surface area contributed by atoms with E-state index < -0.39 is 44.4 Å². The molecule has 0 spiro atoms. The van der Waals surface area contributed by atoms with E-state index in [2.05, 4.69) is 17.0 Å². The van der Waals surface area contributed by atoms with E-state index in [0.717, 1.165) is 19.3 Å². The third-order valence-corrected chi connectivity index (χ3v) is 11.0. The molecule has 3 aromatic rings. The molecule has 298 valence electrons. The van der Waals surface area contributed by atoms with E-state index in [4.69, 9.17) is 29.0 Å². The number of phosphoric ester groups is 1. The lowest BCUT2D eigenvalue weighted by Gasteiger charge is -2.27. The van der Waals surface area contributed by atoms with Gasteiger partial charge in [0.25, 0.3) is 0 Å². The molecule has 0 amide bonds. The van der Waals surface area contributed by atoms with E-state index in [9.17, 15) is 19.7 Å². The number of phosphoric acid groups is 1. The monoisotopic (exact) mass is 762 g/mol. The van der Waals surface area contributed by atoms with Crippen molar-refractivity contribution in [3.05, 3.63) is 54.5 Å². The standard InChI is InChI=1S/C39H63N4O9P/c1-3-4-5-6-7-8-9-10-11-12-13-14-15-16-17-21-26-48-27-32(28-49-31-22-19-18-20-23-31)52-53(46,47)50-29-34-36(44)37(45)39(2,51-34)35-25-24-33-38(40)41-30-42-43(33)35/h18-20,22-25,30,32,34,36-37,44-45H,3-17,21,26-29H2,1-2H3,(H,46,47)(H2,40,41,42)/t32-,34-,36-,37-,39+/m1/s1. The number of hydrogen-bond acceptors (Lipinski definition) is 11. The minimum absolute atomic E-state index is 0.0189. The normalized spacial score (nSPS) is 21.9. The Balaban J connectivity index is 1.15. The van der Waals surface area contributed by atoms with Crippen LogP contribution in [0.4, 0.5) is 5.82 Å². The first-order chi connectivity index (χ1) is 25.6. The third-order valence-electron chi connectivity index (χ3n) is 9.96. The lowest BCUT2D eigenvalue weighted by atomic mass is 9.93. The maximum absolute atomic E-state index is 13.1. The maximum Gasteiger partial charge on any atom is 0.472 e. The fourth-order valence-corrected chi connectivity index (χ4v) is 7.72. The summed E-state index contributed by atoms with van der Waals surface area (Å²) >= 11 is 0. The number of nitrogen functional groups attached to an aromatic ring is 1. The molecule has 1 saturated heterocycles. The van der Waals surface area contributed by atoms with Crippen LogP contribution in [0.2, 0.25) is 0 Å². The molecule has 0 saturated carbocycles. The molecule has 1 aromatic carbocycles. The van der Waals surface area contributed by atoms with E-state index in [-0.39, 0.29) is 19.0 Å². The average molecular weight is 763 g/mol. The molecule has 3 heterocycles. The predicted molar refractivity (Wildman–Crippen MR) is 205 cm³/mol. The number of fused-ring (bicyclic) bond motifs is 1. The highest BCUT2D eigenvalue weighted by atomic mass is 31.2. The van der Waals surface area contributed by atoms with Gasteiger partial charge in [-0.25, -0.2) is 14.1 Å². The highest BCUT2D eigenvalue weighted by molar-refractivity contribution is 7.47. The SMILES string of the molecule is CCCCCCCCCCCCCCCCCCOC[C@H](COc1ccccc1)OP(=O)(O)OC[C@H]1O[C@@](C)(c2ccc3c(N)ncnn23)[C@H](O)[C@@H]1O. The van der Waals surface area contributed by atoms with Crippen LogP contribution in [-0.4, -0.2) is 80.5 Å². The fraction of sp³-hybridized carbons (Fsp3) is 0.692. The number of aromatic nitrogens is 3. The summed E-state index contributed by atoms with van der Waals surface area (Å²) in [5.41, 5.74) is 5.44. The van der Waals surface area contributed by atoms with Crippen molar-refractivity contribution in [2.75, 3.05) is 32.2 Å². The van der Waals surface area contributed by atoms with Crippen LogP contribution >= 0.6 is 7.82 Å². The molecular weight excluding hydrogens is 699 g/mol. The van der Waals surface area contributed by atoms with Gasteiger partial charge >= 0.3 is 7.82 Å². The van der Waals surface area contributed by atoms with Gasteiger partial charge in [-0.2, -0.15) is 5.10 Å². The molecule has 4 rings (SSSR count). The number of nitrogens with two attached hydrogens (primary N) is 1. The van der Waals surface area contributed by atoms with E-state index >= 15 is 0 Å². The van der Waals surface area contributed by atoms with Gasteiger partial charge in [0.15, 0.2) is 5.82 Å². The maximum atomic E-state index is 13.1. The van der Waals surface area contributed by atoms with Crippen LogP contribution < -0.4 is 10.5 Å². The topological polar surface area (TPSA) is 180 Å². The molecular formula is C39H63N4O9P. The summed E-state index contributed by atoms with van der Waals surface area (Å²) in [6.45, 7) is 3.77. The summed E-state index contributed by atoms with van der Waals surface area (Å²) in [5, 5.41) is 26.1. The van der Waals surface area contributed by atoms with Crippen LogP contribution in [0.5, 0.6) is 5.75 Å².